The zero-order valence-corrected chi connectivity index (χ0v) is 16.7. The van der Waals surface area contributed by atoms with Gasteiger partial charge in [0.05, 0.1) is 10.2 Å². The van der Waals surface area contributed by atoms with Gasteiger partial charge < -0.3 is 9.15 Å². The minimum atomic E-state index is -0.326. The Hall–Kier alpha value is -3.12. The molecule has 0 saturated carbocycles. The summed E-state index contributed by atoms with van der Waals surface area (Å²) in [7, 11) is 0. The van der Waals surface area contributed by atoms with Crippen LogP contribution in [0.2, 0.25) is 0 Å². The van der Waals surface area contributed by atoms with Gasteiger partial charge in [-0.25, -0.2) is 4.98 Å². The first-order chi connectivity index (χ1) is 13.5. The minimum absolute atomic E-state index is 0.231. The van der Waals surface area contributed by atoms with Gasteiger partial charge in [-0.3, -0.25) is 10.1 Å². The number of nitrogens with zero attached hydrogens (tertiary/aromatic N) is 1. The molecule has 1 amide bonds. The number of benzene rings is 2. The normalized spacial score (nSPS) is 11.0. The number of ether oxygens (including phenoxy) is 1. The van der Waals surface area contributed by atoms with Crippen molar-refractivity contribution in [1.29, 1.82) is 0 Å². The van der Waals surface area contributed by atoms with Crippen LogP contribution >= 0.6 is 11.3 Å². The smallest absolute Gasteiger partial charge is 0.293 e. The number of furan rings is 1. The number of aryl methyl sites for hydroxylation is 3. The van der Waals surface area contributed by atoms with E-state index in [9.17, 15) is 4.79 Å². The van der Waals surface area contributed by atoms with Gasteiger partial charge in [0, 0.05) is 0 Å². The molecule has 2 aromatic heterocycles. The highest BCUT2D eigenvalue weighted by Gasteiger charge is 2.14. The quantitative estimate of drug-likeness (QED) is 0.477. The van der Waals surface area contributed by atoms with E-state index >= 15 is 0 Å². The molecule has 0 aliphatic rings. The van der Waals surface area contributed by atoms with Crippen LogP contribution in [0.15, 0.2) is 52.9 Å². The van der Waals surface area contributed by atoms with Crippen LogP contribution in [0.4, 0.5) is 5.13 Å². The molecule has 4 aromatic rings. The highest BCUT2D eigenvalue weighted by atomic mass is 32.1. The molecule has 0 saturated heterocycles. The molecule has 142 valence electrons. The van der Waals surface area contributed by atoms with E-state index in [4.69, 9.17) is 9.15 Å². The largest absolute Gasteiger partial charge is 0.486 e. The van der Waals surface area contributed by atoms with Gasteiger partial charge in [-0.05, 0) is 73.9 Å². The number of hydrogen-bond donors (Lipinski definition) is 1. The van der Waals surface area contributed by atoms with Crippen molar-refractivity contribution >= 4 is 32.6 Å². The Kier molecular flexibility index (Phi) is 4.88. The summed E-state index contributed by atoms with van der Waals surface area (Å²) in [5, 5.41) is 3.35. The van der Waals surface area contributed by atoms with Gasteiger partial charge in [-0.2, -0.15) is 0 Å². The molecule has 28 heavy (non-hydrogen) atoms. The van der Waals surface area contributed by atoms with Crippen LogP contribution in [-0.2, 0) is 6.61 Å². The van der Waals surface area contributed by atoms with E-state index in [1.54, 1.807) is 12.1 Å². The average molecular weight is 392 g/mol. The number of aromatic nitrogens is 1. The Morgan fingerprint density at radius 2 is 1.93 bits per heavy atom. The van der Waals surface area contributed by atoms with Crippen LogP contribution in [0.5, 0.6) is 5.75 Å². The van der Waals surface area contributed by atoms with Gasteiger partial charge >= 0.3 is 0 Å². The maximum absolute atomic E-state index is 12.4. The standard InChI is InChI=1S/C22H20N2O3S/c1-13-4-8-18-20(10-13)28-22(23-18)24-21(25)19-9-7-17(27-19)12-26-16-6-5-14(2)15(3)11-16/h4-11H,12H2,1-3H3,(H,23,24,25). The second-order valence-electron chi connectivity index (χ2n) is 6.75. The lowest BCUT2D eigenvalue weighted by molar-refractivity contribution is 0.0992. The number of amides is 1. The monoisotopic (exact) mass is 392 g/mol. The van der Waals surface area contributed by atoms with Crippen molar-refractivity contribution < 1.29 is 13.9 Å². The molecule has 1 N–H and O–H groups in total. The van der Waals surface area contributed by atoms with Crippen LogP contribution in [-0.4, -0.2) is 10.9 Å². The van der Waals surface area contributed by atoms with Gasteiger partial charge in [0.15, 0.2) is 10.9 Å². The Bertz CT molecular complexity index is 1160. The summed E-state index contributed by atoms with van der Waals surface area (Å²) in [6, 6.07) is 15.3. The van der Waals surface area contributed by atoms with E-state index < -0.39 is 0 Å². The number of carbonyl (C=O) groups excluding carboxylic acids is 1. The molecule has 0 radical (unpaired) electrons. The average Bonchev–Trinajstić information content (AvgIpc) is 3.29. The molecule has 2 aromatic carbocycles. The van der Waals surface area contributed by atoms with Gasteiger partial charge in [-0.15, -0.1) is 0 Å². The first kappa shape index (κ1) is 18.3. The summed E-state index contributed by atoms with van der Waals surface area (Å²) in [6.07, 6.45) is 0. The van der Waals surface area contributed by atoms with Crippen molar-refractivity contribution in [3.8, 4) is 5.75 Å². The fraction of sp³-hybridized carbons (Fsp3) is 0.182. The maximum atomic E-state index is 12.4. The summed E-state index contributed by atoms with van der Waals surface area (Å²) < 4.78 is 12.4. The van der Waals surface area contributed by atoms with Crippen molar-refractivity contribution in [3.05, 3.63) is 76.7 Å². The predicted molar refractivity (Wildman–Crippen MR) is 111 cm³/mol. The van der Waals surface area contributed by atoms with Crippen LogP contribution < -0.4 is 10.1 Å². The molecule has 0 spiro atoms. The predicted octanol–water partition coefficient (Wildman–Crippen LogP) is 5.65. The molecule has 0 aliphatic heterocycles. The van der Waals surface area contributed by atoms with Gasteiger partial charge in [0.2, 0.25) is 0 Å². The zero-order chi connectivity index (χ0) is 19.7. The Morgan fingerprint density at radius 1 is 1.07 bits per heavy atom. The summed E-state index contributed by atoms with van der Waals surface area (Å²) in [5.74, 6) is 1.26. The molecule has 5 nitrogen and oxygen atoms in total. The number of anilines is 1. The molecule has 0 aliphatic carbocycles. The fourth-order valence-electron chi connectivity index (χ4n) is 2.78. The van der Waals surface area contributed by atoms with Crippen molar-refractivity contribution in [3.63, 3.8) is 0 Å². The van der Waals surface area contributed by atoms with Gasteiger partial charge in [-0.1, -0.05) is 23.5 Å². The van der Waals surface area contributed by atoms with Crippen LogP contribution in [0.1, 0.15) is 33.0 Å². The third kappa shape index (κ3) is 3.92. The molecule has 0 unspecified atom stereocenters. The topological polar surface area (TPSA) is 64.4 Å². The van der Waals surface area contributed by atoms with Crippen LogP contribution in [0, 0.1) is 20.8 Å². The van der Waals surface area contributed by atoms with Crippen LogP contribution in [0.25, 0.3) is 10.2 Å². The Labute approximate surface area is 167 Å². The zero-order valence-electron chi connectivity index (χ0n) is 15.9. The summed E-state index contributed by atoms with van der Waals surface area (Å²) >= 11 is 1.44. The number of thiazole rings is 1. The molecule has 0 atom stereocenters. The number of fused-ring (bicyclic) bond motifs is 1. The van der Waals surface area contributed by atoms with Crippen LogP contribution in [0.3, 0.4) is 0 Å². The number of carbonyl (C=O) groups is 1. The molecule has 2 heterocycles. The fourth-order valence-corrected chi connectivity index (χ4v) is 3.74. The first-order valence-electron chi connectivity index (χ1n) is 8.95. The maximum Gasteiger partial charge on any atom is 0.293 e. The first-order valence-corrected chi connectivity index (χ1v) is 9.77. The lowest BCUT2D eigenvalue weighted by Gasteiger charge is -2.06. The lowest BCUT2D eigenvalue weighted by atomic mass is 10.1. The van der Waals surface area contributed by atoms with Crippen molar-refractivity contribution in [2.75, 3.05) is 5.32 Å². The molecular weight excluding hydrogens is 372 g/mol. The van der Waals surface area contributed by atoms with E-state index in [2.05, 4.69) is 23.3 Å². The minimum Gasteiger partial charge on any atom is -0.486 e. The Morgan fingerprint density at radius 3 is 2.75 bits per heavy atom. The van der Waals surface area contributed by atoms with E-state index in [1.165, 1.54) is 22.5 Å². The van der Waals surface area contributed by atoms with E-state index in [-0.39, 0.29) is 18.3 Å². The molecule has 0 fully saturated rings. The van der Waals surface area contributed by atoms with E-state index in [0.29, 0.717) is 10.9 Å². The second kappa shape index (κ2) is 7.48. The third-order valence-electron chi connectivity index (χ3n) is 4.51. The molecule has 4 rings (SSSR count). The van der Waals surface area contributed by atoms with E-state index in [0.717, 1.165) is 21.5 Å². The summed E-state index contributed by atoms with van der Waals surface area (Å²) in [6.45, 7) is 6.39. The molecule has 6 heteroatoms. The van der Waals surface area contributed by atoms with Gasteiger partial charge in [0.1, 0.15) is 18.1 Å². The van der Waals surface area contributed by atoms with Crippen molar-refractivity contribution in [1.82, 2.24) is 4.98 Å². The SMILES string of the molecule is Cc1ccc2nc(NC(=O)c3ccc(COc4ccc(C)c(C)c4)o3)sc2c1. The number of nitrogens with one attached hydrogen (secondary N) is 1. The second-order valence-corrected chi connectivity index (χ2v) is 7.78. The van der Waals surface area contributed by atoms with Crippen molar-refractivity contribution in [2.45, 2.75) is 27.4 Å². The molecule has 0 bridgehead atoms. The summed E-state index contributed by atoms with van der Waals surface area (Å²) in [5.41, 5.74) is 4.42. The van der Waals surface area contributed by atoms with Gasteiger partial charge in [0.25, 0.3) is 5.91 Å². The Balaban J connectivity index is 1.41. The molecular formula is C22H20N2O3S. The van der Waals surface area contributed by atoms with Crippen molar-refractivity contribution in [2.24, 2.45) is 0 Å². The number of rotatable bonds is 5. The highest BCUT2D eigenvalue weighted by Crippen LogP contribution is 2.27. The summed E-state index contributed by atoms with van der Waals surface area (Å²) in [4.78, 5) is 16.9. The lowest BCUT2D eigenvalue weighted by Crippen LogP contribution is -2.10. The third-order valence-corrected chi connectivity index (χ3v) is 5.44. The number of hydrogen-bond acceptors (Lipinski definition) is 5. The highest BCUT2D eigenvalue weighted by molar-refractivity contribution is 7.22. The van der Waals surface area contributed by atoms with E-state index in [1.807, 2.05) is 44.2 Å².